The summed E-state index contributed by atoms with van der Waals surface area (Å²) >= 11 is 0. The molecule has 0 unspecified atom stereocenters. The highest BCUT2D eigenvalue weighted by molar-refractivity contribution is 6.35. The van der Waals surface area contributed by atoms with E-state index in [-0.39, 0.29) is 6.29 Å². The number of amidine groups is 1. The van der Waals surface area contributed by atoms with Gasteiger partial charge < -0.3 is 5.11 Å². The number of aliphatic carboxylic acids is 1. The third kappa shape index (κ3) is 2.17. The molecule has 5 nitrogen and oxygen atoms in total. The van der Waals surface area contributed by atoms with Gasteiger partial charge in [0.25, 0.3) is 0 Å². The molecule has 1 aromatic rings. The van der Waals surface area contributed by atoms with Gasteiger partial charge in [0.1, 0.15) is 0 Å². The number of carboxylic acid groups (broad SMARTS) is 1. The van der Waals surface area contributed by atoms with Gasteiger partial charge in [-0.1, -0.05) is 18.2 Å². The van der Waals surface area contributed by atoms with Gasteiger partial charge in [0.2, 0.25) is 6.29 Å². The number of carbonyl (C=O) groups is 2. The molecule has 0 aromatic heterocycles. The predicted octanol–water partition coefficient (Wildman–Crippen LogP) is 1.47. The number of fused-ring (bicyclic) bond motifs is 3. The van der Waals surface area contributed by atoms with Crippen molar-refractivity contribution in [2.24, 2.45) is 9.98 Å². The second-order valence-corrected chi connectivity index (χ2v) is 3.27. The summed E-state index contributed by atoms with van der Waals surface area (Å²) in [6.45, 7) is 0. The van der Waals surface area contributed by atoms with Crippen LogP contribution in [-0.4, -0.2) is 29.4 Å². The topological polar surface area (TPSA) is 79.1 Å². The molecular weight excluding hydrogens is 220 g/mol. The number of aliphatic imine (C=N–C) groups is 2. The van der Waals surface area contributed by atoms with Crippen LogP contribution in [0, 0.1) is 0 Å². The fourth-order valence-electron chi connectivity index (χ4n) is 1.54. The van der Waals surface area contributed by atoms with Crippen molar-refractivity contribution in [2.45, 2.75) is 0 Å². The third-order valence-electron chi connectivity index (χ3n) is 2.20. The molecular formula is C12H8N2O3. The van der Waals surface area contributed by atoms with E-state index in [1.807, 2.05) is 24.3 Å². The van der Waals surface area contributed by atoms with E-state index >= 15 is 0 Å². The van der Waals surface area contributed by atoms with E-state index in [1.165, 1.54) is 5.56 Å². The van der Waals surface area contributed by atoms with E-state index in [0.717, 1.165) is 17.1 Å². The Morgan fingerprint density at radius 2 is 2.00 bits per heavy atom. The molecule has 0 fully saturated rings. The normalized spacial score (nSPS) is 13.9. The molecule has 1 aromatic carbocycles. The first-order chi connectivity index (χ1) is 8.22. The second-order valence-electron chi connectivity index (χ2n) is 3.27. The summed E-state index contributed by atoms with van der Waals surface area (Å²) in [6, 6.07) is 8.11. The van der Waals surface area contributed by atoms with Crippen LogP contribution < -0.4 is 0 Å². The largest absolute Gasteiger partial charge is 0.476 e. The first kappa shape index (κ1) is 10.9. The lowest BCUT2D eigenvalue weighted by Gasteiger charge is -1.94. The Bertz CT molecular complexity index is 571. The number of allylic oxidation sites excluding steroid dienone is 1. The minimum atomic E-state index is -1.43. The van der Waals surface area contributed by atoms with Gasteiger partial charge in [0.05, 0.1) is 5.69 Å². The average Bonchev–Trinajstić information content (AvgIpc) is 2.89. The maximum Gasteiger partial charge on any atom is 0.368 e. The third-order valence-corrected chi connectivity index (χ3v) is 2.20. The summed E-state index contributed by atoms with van der Waals surface area (Å²) in [4.78, 5) is 26.4. The molecule has 0 atom stereocenters. The van der Waals surface area contributed by atoms with Crippen LogP contribution in [0.15, 0.2) is 40.3 Å². The molecule has 1 N–H and O–H groups in total. The Labute approximate surface area is 96.8 Å². The van der Waals surface area contributed by atoms with Crippen molar-refractivity contribution < 1.29 is 14.7 Å². The number of benzene rings is 1. The zero-order chi connectivity index (χ0) is 12.3. The van der Waals surface area contributed by atoms with Gasteiger partial charge in [-0.2, -0.15) is 0 Å². The Kier molecular flexibility index (Phi) is 2.91. The van der Waals surface area contributed by atoms with Gasteiger partial charge in [-0.05, 0) is 12.1 Å². The molecule has 2 aliphatic heterocycles. The van der Waals surface area contributed by atoms with Gasteiger partial charge in [0, 0.05) is 17.4 Å². The fraction of sp³-hybridized carbons (Fsp3) is 0. The van der Waals surface area contributed by atoms with Crippen molar-refractivity contribution in [3.05, 3.63) is 35.9 Å². The summed E-state index contributed by atoms with van der Waals surface area (Å²) in [6.07, 6.45) is 3.63. The number of aldehydes is 1. The molecule has 0 saturated carbocycles. The molecule has 2 aliphatic rings. The number of carboxylic acids is 1. The molecule has 0 aliphatic carbocycles. The second kappa shape index (κ2) is 4.52. The number of nitrogens with zero attached hydrogens (tertiary/aromatic N) is 2. The molecule has 0 saturated heterocycles. The molecule has 0 radical (unpaired) electrons. The maximum atomic E-state index is 9.00. The average molecular weight is 228 g/mol. The number of hydrogen-bond donors (Lipinski definition) is 1. The highest BCUT2D eigenvalue weighted by Crippen LogP contribution is 2.35. The summed E-state index contributed by atoms with van der Waals surface area (Å²) < 4.78 is 0. The monoisotopic (exact) mass is 228 g/mol. The smallest absolute Gasteiger partial charge is 0.368 e. The van der Waals surface area contributed by atoms with Crippen LogP contribution in [0.5, 0.6) is 0 Å². The summed E-state index contributed by atoms with van der Waals surface area (Å²) in [7, 11) is 0. The zero-order valence-corrected chi connectivity index (χ0v) is 8.70. The van der Waals surface area contributed by atoms with Gasteiger partial charge in [-0.15, -0.1) is 0 Å². The quantitative estimate of drug-likeness (QED) is 0.583. The van der Waals surface area contributed by atoms with Crippen LogP contribution in [-0.2, 0) is 9.59 Å². The molecule has 84 valence electrons. The van der Waals surface area contributed by atoms with Gasteiger partial charge in [0.15, 0.2) is 5.84 Å². The molecule has 0 spiro atoms. The van der Waals surface area contributed by atoms with E-state index in [4.69, 9.17) is 14.7 Å². The van der Waals surface area contributed by atoms with Crippen molar-refractivity contribution in [3.63, 3.8) is 0 Å². The van der Waals surface area contributed by atoms with Crippen LogP contribution >= 0.6 is 0 Å². The fourth-order valence-corrected chi connectivity index (χ4v) is 1.54. The minimum absolute atomic E-state index is 0.167. The van der Waals surface area contributed by atoms with Crippen LogP contribution in [0.2, 0.25) is 0 Å². The lowest BCUT2D eigenvalue weighted by atomic mass is 10.1. The van der Waals surface area contributed by atoms with Crippen molar-refractivity contribution >= 4 is 35.6 Å². The van der Waals surface area contributed by atoms with Crippen molar-refractivity contribution in [1.82, 2.24) is 0 Å². The molecule has 2 heterocycles. The maximum absolute atomic E-state index is 9.00. The molecule has 5 heteroatoms. The number of para-hydroxylation sites is 1. The molecule has 0 amide bonds. The highest BCUT2D eigenvalue weighted by Gasteiger charge is 2.21. The van der Waals surface area contributed by atoms with E-state index in [0.29, 0.717) is 0 Å². The Morgan fingerprint density at radius 3 is 2.71 bits per heavy atom. The van der Waals surface area contributed by atoms with E-state index in [2.05, 4.69) is 16.1 Å². The van der Waals surface area contributed by atoms with Gasteiger partial charge in [-0.25, -0.2) is 14.8 Å². The van der Waals surface area contributed by atoms with E-state index < -0.39 is 5.97 Å². The first-order valence-corrected chi connectivity index (χ1v) is 4.83. The Morgan fingerprint density at radius 1 is 1.29 bits per heavy atom. The zero-order valence-electron chi connectivity index (χ0n) is 8.70. The SMILES string of the molecule is C1=NC2=Nc3ccccc3C2=C1.O=CC(=O)O. The first-order valence-electron chi connectivity index (χ1n) is 4.83. The van der Waals surface area contributed by atoms with Crippen LogP contribution in [0.25, 0.3) is 5.57 Å². The molecule has 3 rings (SSSR count). The van der Waals surface area contributed by atoms with Crippen LogP contribution in [0.3, 0.4) is 0 Å². The predicted molar refractivity (Wildman–Crippen MR) is 63.7 cm³/mol. The summed E-state index contributed by atoms with van der Waals surface area (Å²) in [5, 5.41) is 7.35. The summed E-state index contributed by atoms with van der Waals surface area (Å²) in [5.74, 6) is -0.568. The Balaban J connectivity index is 0.000000188. The lowest BCUT2D eigenvalue weighted by molar-refractivity contribution is -0.143. The summed E-state index contributed by atoms with van der Waals surface area (Å²) in [5.41, 5.74) is 3.39. The van der Waals surface area contributed by atoms with E-state index in [1.54, 1.807) is 6.21 Å². The van der Waals surface area contributed by atoms with Gasteiger partial charge in [-0.3, -0.25) is 4.79 Å². The minimum Gasteiger partial charge on any atom is -0.476 e. The number of carbonyl (C=O) groups excluding carboxylic acids is 1. The van der Waals surface area contributed by atoms with Crippen molar-refractivity contribution in [2.75, 3.05) is 0 Å². The highest BCUT2D eigenvalue weighted by atomic mass is 16.4. The standard InChI is InChI=1S/C10H6N2.C2H2O3/c1-2-4-9-7(3-1)8-5-6-11-10(8)12-9;3-1-2(4)5/h1-6H;1H,(H,4,5). The van der Waals surface area contributed by atoms with Crippen molar-refractivity contribution in [3.8, 4) is 0 Å². The Hall–Kier alpha value is -2.56. The van der Waals surface area contributed by atoms with Crippen LogP contribution in [0.1, 0.15) is 5.56 Å². The number of rotatable bonds is 1. The number of hydrogen-bond acceptors (Lipinski definition) is 4. The lowest BCUT2D eigenvalue weighted by Crippen LogP contribution is -1.91. The van der Waals surface area contributed by atoms with Crippen LogP contribution in [0.4, 0.5) is 5.69 Å². The van der Waals surface area contributed by atoms with Crippen molar-refractivity contribution in [1.29, 1.82) is 0 Å². The van der Waals surface area contributed by atoms with Gasteiger partial charge >= 0.3 is 5.97 Å². The van der Waals surface area contributed by atoms with E-state index in [9.17, 15) is 0 Å². The molecule has 17 heavy (non-hydrogen) atoms. The molecule has 0 bridgehead atoms.